The second-order valence-corrected chi connectivity index (χ2v) is 9.68. The molecule has 2 aliphatic heterocycles. The number of benzene rings is 1. The number of hydrogen-bond donors (Lipinski definition) is 1. The lowest BCUT2D eigenvalue weighted by atomic mass is 9.82. The summed E-state index contributed by atoms with van der Waals surface area (Å²) >= 11 is 1.24. The van der Waals surface area contributed by atoms with Crippen LogP contribution in [-0.2, 0) is 19.9 Å². The second kappa shape index (κ2) is 9.74. The molecule has 7 nitrogen and oxygen atoms in total. The molecule has 4 rings (SSSR count). The molecule has 3 heterocycles. The Kier molecular flexibility index (Phi) is 7.02. The minimum atomic E-state index is -3.09. The Hall–Kier alpha value is -3.12. The molecule has 1 aromatic heterocycles. The van der Waals surface area contributed by atoms with Gasteiger partial charge in [-0.3, -0.25) is 9.69 Å². The largest absolute Gasteiger partial charge is 0.463 e. The van der Waals surface area contributed by atoms with Crippen LogP contribution in [0.3, 0.4) is 0 Å². The van der Waals surface area contributed by atoms with Crippen LogP contribution in [0.15, 0.2) is 46.0 Å². The zero-order chi connectivity index (χ0) is 26.3. The number of ketones is 1. The fraction of sp³-hybridized carbons (Fsp3) is 0.417. The van der Waals surface area contributed by atoms with Crippen LogP contribution in [0.5, 0.6) is 0 Å². The summed E-state index contributed by atoms with van der Waals surface area (Å²) in [5, 5.41) is 5.15. The maximum atomic E-state index is 14.3. The van der Waals surface area contributed by atoms with Crippen LogP contribution >= 0.6 is 11.3 Å². The number of likely N-dealkylation sites (tertiary alicyclic amines) is 1. The van der Waals surface area contributed by atoms with Gasteiger partial charge in [-0.15, -0.1) is 11.3 Å². The molecule has 0 spiro atoms. The van der Waals surface area contributed by atoms with Crippen LogP contribution in [-0.4, -0.2) is 59.1 Å². The number of hydrogen-bond acceptors (Lipinski definition) is 8. The van der Waals surface area contributed by atoms with E-state index < -0.39 is 53.9 Å². The highest BCUT2D eigenvalue weighted by molar-refractivity contribution is 7.11. The zero-order valence-electron chi connectivity index (χ0n) is 19.8. The molecule has 1 N–H and O–H groups in total. The van der Waals surface area contributed by atoms with Crippen molar-refractivity contribution in [3.8, 4) is 0 Å². The first-order valence-corrected chi connectivity index (χ1v) is 12.1. The number of amidine groups is 1. The molecule has 1 saturated heterocycles. The smallest absolute Gasteiger partial charge is 0.338 e. The molecule has 12 heteroatoms. The summed E-state index contributed by atoms with van der Waals surface area (Å²) in [6.45, 7) is 3.44. The minimum absolute atomic E-state index is 0.00435. The fourth-order valence-corrected chi connectivity index (χ4v) is 5.13. The van der Waals surface area contributed by atoms with E-state index in [4.69, 9.17) is 4.74 Å². The maximum Gasteiger partial charge on any atom is 0.338 e. The molecule has 192 valence electrons. The van der Waals surface area contributed by atoms with Crippen LogP contribution in [0.25, 0.3) is 0 Å². The van der Waals surface area contributed by atoms with Gasteiger partial charge in [0.2, 0.25) is 0 Å². The molecule has 0 bridgehead atoms. The molecule has 2 aromatic rings. The Morgan fingerprint density at radius 1 is 1.28 bits per heavy atom. The SMILES string of the molecule is CCOC(=O)C1=C(CN2CC(F)(F)C[C@H]2C(C)=O)NC(c2nccs2)=N[C@]1(C)c1ccc(F)c(F)c1. The second-order valence-electron chi connectivity index (χ2n) is 8.79. The minimum Gasteiger partial charge on any atom is -0.463 e. The van der Waals surface area contributed by atoms with Gasteiger partial charge >= 0.3 is 5.97 Å². The first-order valence-electron chi connectivity index (χ1n) is 11.2. The predicted molar refractivity (Wildman–Crippen MR) is 125 cm³/mol. The molecular weight excluding hydrogens is 500 g/mol. The quantitative estimate of drug-likeness (QED) is 0.438. The average Bonchev–Trinajstić information content (AvgIpc) is 3.43. The van der Waals surface area contributed by atoms with Gasteiger partial charge < -0.3 is 10.1 Å². The van der Waals surface area contributed by atoms with Crippen LogP contribution in [0.4, 0.5) is 17.6 Å². The van der Waals surface area contributed by atoms with Gasteiger partial charge in [-0.05, 0) is 38.5 Å². The fourth-order valence-electron chi connectivity index (χ4n) is 4.55. The summed E-state index contributed by atoms with van der Waals surface area (Å²) in [5.74, 6) is -6.33. The number of halogens is 4. The van der Waals surface area contributed by atoms with Crippen molar-refractivity contribution in [2.45, 2.75) is 44.7 Å². The first-order chi connectivity index (χ1) is 16.9. The predicted octanol–water partition coefficient (Wildman–Crippen LogP) is 3.80. The lowest BCUT2D eigenvalue weighted by Crippen LogP contribution is -2.46. The summed E-state index contributed by atoms with van der Waals surface area (Å²) in [6, 6.07) is 2.09. The van der Waals surface area contributed by atoms with Gasteiger partial charge in [0.25, 0.3) is 5.92 Å². The molecule has 0 saturated carbocycles. The van der Waals surface area contributed by atoms with E-state index in [9.17, 15) is 27.2 Å². The number of aliphatic imine (C=N–C) groups is 1. The third-order valence-corrected chi connectivity index (χ3v) is 6.97. The van der Waals surface area contributed by atoms with E-state index in [1.54, 1.807) is 12.3 Å². The van der Waals surface area contributed by atoms with Crippen LogP contribution < -0.4 is 5.32 Å². The van der Waals surface area contributed by atoms with Crippen molar-refractivity contribution in [3.63, 3.8) is 0 Å². The van der Waals surface area contributed by atoms with Crippen molar-refractivity contribution in [1.82, 2.24) is 15.2 Å². The third-order valence-electron chi connectivity index (χ3n) is 6.19. The van der Waals surface area contributed by atoms with Crippen molar-refractivity contribution in [3.05, 3.63) is 63.3 Å². The van der Waals surface area contributed by atoms with Crippen molar-refractivity contribution in [2.75, 3.05) is 19.7 Å². The van der Waals surface area contributed by atoms with Crippen LogP contribution in [0, 0.1) is 11.6 Å². The molecule has 2 atom stereocenters. The van der Waals surface area contributed by atoms with Crippen LogP contribution in [0.2, 0.25) is 0 Å². The van der Waals surface area contributed by atoms with E-state index in [1.807, 2.05) is 0 Å². The molecule has 0 radical (unpaired) electrons. The highest BCUT2D eigenvalue weighted by Gasteiger charge is 2.49. The van der Waals surface area contributed by atoms with Crippen molar-refractivity contribution >= 4 is 28.9 Å². The number of nitrogens with one attached hydrogen (secondary N) is 1. The van der Waals surface area contributed by atoms with E-state index in [0.717, 1.165) is 12.1 Å². The van der Waals surface area contributed by atoms with E-state index in [1.165, 1.54) is 42.3 Å². The van der Waals surface area contributed by atoms with Gasteiger partial charge in [0.15, 0.2) is 22.5 Å². The van der Waals surface area contributed by atoms with Gasteiger partial charge in [0, 0.05) is 30.2 Å². The molecule has 1 aromatic carbocycles. The summed E-state index contributed by atoms with van der Waals surface area (Å²) in [5.41, 5.74) is -1.35. The highest BCUT2D eigenvalue weighted by atomic mass is 32.1. The number of Topliss-reactive ketones (excluding diaryl/α,β-unsaturated/α-hetero) is 1. The zero-order valence-corrected chi connectivity index (χ0v) is 20.6. The van der Waals surface area contributed by atoms with Crippen molar-refractivity contribution in [1.29, 1.82) is 0 Å². The van der Waals surface area contributed by atoms with E-state index in [0.29, 0.717) is 5.01 Å². The number of rotatable bonds is 7. The topological polar surface area (TPSA) is 83.9 Å². The average molecular weight is 525 g/mol. The normalized spacial score (nSPS) is 23.9. The number of esters is 1. The molecular formula is C24H24F4N4O3S. The molecule has 1 fully saturated rings. The molecule has 36 heavy (non-hydrogen) atoms. The summed E-state index contributed by atoms with van der Waals surface area (Å²) in [6.07, 6.45) is 0.897. The number of ether oxygens (including phenoxy) is 1. The maximum absolute atomic E-state index is 14.3. The Morgan fingerprint density at radius 2 is 2.03 bits per heavy atom. The number of aromatic nitrogens is 1. The standard InChI is InChI=1S/C24H24F4N4O3S/c1-4-35-22(34)19-17(11-32-12-24(27,28)10-18(32)13(2)33)30-20(21-29-7-8-36-21)31-23(19,3)14-5-6-15(25)16(26)9-14/h5-9,18H,4,10-12H2,1-3H3,(H,30,31)/t18-,23+/m0/s1. The number of nitrogens with zero attached hydrogens (tertiary/aromatic N) is 3. The summed E-state index contributed by atoms with van der Waals surface area (Å²) in [7, 11) is 0. The van der Waals surface area contributed by atoms with Gasteiger partial charge in [0.05, 0.1) is 24.8 Å². The van der Waals surface area contributed by atoms with E-state index in [-0.39, 0.29) is 35.8 Å². The molecule has 0 unspecified atom stereocenters. The van der Waals surface area contributed by atoms with E-state index >= 15 is 0 Å². The lowest BCUT2D eigenvalue weighted by molar-refractivity contribution is -0.139. The van der Waals surface area contributed by atoms with Gasteiger partial charge in [-0.25, -0.2) is 32.3 Å². The van der Waals surface area contributed by atoms with E-state index in [2.05, 4.69) is 15.3 Å². The Labute approximate surface area is 208 Å². The molecule has 2 aliphatic rings. The first kappa shape index (κ1) is 26.0. The Balaban J connectivity index is 1.90. The van der Waals surface area contributed by atoms with Gasteiger partial charge in [-0.2, -0.15) is 0 Å². The summed E-state index contributed by atoms with van der Waals surface area (Å²) < 4.78 is 61.9. The van der Waals surface area contributed by atoms with Gasteiger partial charge in [-0.1, -0.05) is 6.07 Å². The number of thiazole rings is 1. The molecule has 0 aliphatic carbocycles. The third kappa shape index (κ3) is 4.92. The van der Waals surface area contributed by atoms with Crippen LogP contribution in [0.1, 0.15) is 37.8 Å². The monoisotopic (exact) mass is 524 g/mol. The lowest BCUT2D eigenvalue weighted by Gasteiger charge is -2.36. The van der Waals surface area contributed by atoms with Crippen molar-refractivity contribution < 1.29 is 31.9 Å². The Bertz CT molecular complexity index is 1250. The Morgan fingerprint density at radius 3 is 2.64 bits per heavy atom. The van der Waals surface area contributed by atoms with Crippen molar-refractivity contribution in [2.24, 2.45) is 4.99 Å². The number of carbonyl (C=O) groups is 2. The highest BCUT2D eigenvalue weighted by Crippen LogP contribution is 2.41. The van der Waals surface area contributed by atoms with Gasteiger partial charge in [0.1, 0.15) is 11.3 Å². The summed E-state index contributed by atoms with van der Waals surface area (Å²) in [4.78, 5) is 35.6. The number of alkyl halides is 2. The molecule has 0 amide bonds. The number of carbonyl (C=O) groups excluding carboxylic acids is 2.